The fourth-order valence-corrected chi connectivity index (χ4v) is 1.67. The minimum absolute atomic E-state index is 0. The molecule has 0 aliphatic carbocycles. The first-order valence-electron chi connectivity index (χ1n) is 3.49. The van der Waals surface area contributed by atoms with Crippen LogP contribution in [0.1, 0.15) is 5.69 Å². The van der Waals surface area contributed by atoms with E-state index in [0.717, 1.165) is 21.1 Å². The number of alkyl halides is 1. The van der Waals surface area contributed by atoms with Gasteiger partial charge in [0, 0.05) is 22.2 Å². The van der Waals surface area contributed by atoms with Crippen molar-refractivity contribution >= 4 is 54.5 Å². The van der Waals surface area contributed by atoms with E-state index in [1.165, 1.54) is 0 Å². The molecule has 0 atom stereocenters. The molecular weight excluding hydrogens is 364 g/mol. The van der Waals surface area contributed by atoms with E-state index >= 15 is 0 Å². The highest BCUT2D eigenvalue weighted by molar-refractivity contribution is 9.10. The second-order valence-electron chi connectivity index (χ2n) is 2.48. The number of imidazole rings is 1. The molecule has 0 aliphatic heterocycles. The first-order valence-corrected chi connectivity index (χ1v) is 5.40. The molecule has 0 aliphatic rings. The van der Waals surface area contributed by atoms with Crippen molar-refractivity contribution in [2.45, 2.75) is 5.33 Å². The van der Waals surface area contributed by atoms with Gasteiger partial charge in [0.1, 0.15) is 5.65 Å². The summed E-state index contributed by atoms with van der Waals surface area (Å²) >= 11 is 6.77. The molecule has 0 N–H and O–H groups in total. The number of fused-ring (bicyclic) bond motifs is 1. The van der Waals surface area contributed by atoms with Crippen LogP contribution in [0.2, 0.25) is 0 Å². The molecule has 2 nitrogen and oxygen atoms in total. The van der Waals surface area contributed by atoms with Crippen LogP contribution in [0.5, 0.6) is 0 Å². The molecule has 2 heterocycles. The zero-order valence-electron chi connectivity index (χ0n) is 6.58. The maximum Gasteiger partial charge on any atom is 0.138 e. The zero-order valence-corrected chi connectivity index (χ0v) is 11.5. The van der Waals surface area contributed by atoms with Gasteiger partial charge in [-0.1, -0.05) is 31.9 Å². The van der Waals surface area contributed by atoms with Crippen molar-refractivity contribution in [3.8, 4) is 0 Å². The standard InChI is InChI=1S/C8H6Br2N2.BrH/c9-4-7-5-12-2-1-6(10)3-8(12)11-7;/h1-3,5H,4H2;1H. The van der Waals surface area contributed by atoms with Crippen molar-refractivity contribution in [2.75, 3.05) is 0 Å². The van der Waals surface area contributed by atoms with Gasteiger partial charge in [0.25, 0.3) is 0 Å². The summed E-state index contributed by atoms with van der Waals surface area (Å²) in [7, 11) is 0. The number of pyridine rings is 1. The lowest BCUT2D eigenvalue weighted by molar-refractivity contribution is 1.18. The number of nitrogens with zero attached hydrogens (tertiary/aromatic N) is 2. The number of aromatic nitrogens is 2. The van der Waals surface area contributed by atoms with Crippen LogP contribution in [0.3, 0.4) is 0 Å². The Balaban J connectivity index is 0.000000845. The Kier molecular flexibility index (Phi) is 3.94. The summed E-state index contributed by atoms with van der Waals surface area (Å²) in [6, 6.07) is 3.98. The Bertz CT molecular complexity index is 411. The third-order valence-electron chi connectivity index (χ3n) is 1.61. The highest BCUT2D eigenvalue weighted by Crippen LogP contribution is 2.14. The van der Waals surface area contributed by atoms with Crippen molar-refractivity contribution in [3.63, 3.8) is 0 Å². The van der Waals surface area contributed by atoms with Crippen LogP contribution >= 0.6 is 48.8 Å². The summed E-state index contributed by atoms with van der Waals surface area (Å²) in [4.78, 5) is 4.38. The Labute approximate surface area is 103 Å². The van der Waals surface area contributed by atoms with Gasteiger partial charge < -0.3 is 4.40 Å². The van der Waals surface area contributed by atoms with E-state index < -0.39 is 0 Å². The van der Waals surface area contributed by atoms with Crippen molar-refractivity contribution < 1.29 is 0 Å². The minimum atomic E-state index is 0. The molecule has 0 bridgehead atoms. The van der Waals surface area contributed by atoms with Crippen LogP contribution in [0, 0.1) is 0 Å². The summed E-state index contributed by atoms with van der Waals surface area (Å²) in [6.45, 7) is 0. The summed E-state index contributed by atoms with van der Waals surface area (Å²) < 4.78 is 3.06. The van der Waals surface area contributed by atoms with E-state index in [4.69, 9.17) is 0 Å². The number of hydrogen-bond acceptors (Lipinski definition) is 1. The molecule has 2 rings (SSSR count). The number of halogens is 3. The SMILES string of the molecule is Br.BrCc1cn2ccc(Br)cc2n1. The Morgan fingerprint density at radius 2 is 2.23 bits per heavy atom. The van der Waals surface area contributed by atoms with Gasteiger partial charge in [-0.05, 0) is 12.1 Å². The van der Waals surface area contributed by atoms with E-state index in [1.54, 1.807) is 0 Å². The summed E-state index contributed by atoms with van der Waals surface area (Å²) in [6.07, 6.45) is 4.00. The maximum absolute atomic E-state index is 4.38. The topological polar surface area (TPSA) is 17.3 Å². The van der Waals surface area contributed by atoms with Gasteiger partial charge in [0.05, 0.1) is 5.69 Å². The molecule has 0 saturated heterocycles. The first-order chi connectivity index (χ1) is 5.79. The van der Waals surface area contributed by atoms with E-state index in [0.29, 0.717) is 0 Å². The van der Waals surface area contributed by atoms with Gasteiger partial charge in [-0.3, -0.25) is 0 Å². The lowest BCUT2D eigenvalue weighted by atomic mass is 10.5. The average Bonchev–Trinajstić information content (AvgIpc) is 2.46. The van der Waals surface area contributed by atoms with Crippen molar-refractivity contribution in [1.82, 2.24) is 9.38 Å². The third kappa shape index (κ3) is 2.33. The highest BCUT2D eigenvalue weighted by atomic mass is 79.9. The Morgan fingerprint density at radius 1 is 1.46 bits per heavy atom. The summed E-state index contributed by atoms with van der Waals surface area (Å²) in [5.41, 5.74) is 2.02. The van der Waals surface area contributed by atoms with E-state index in [-0.39, 0.29) is 17.0 Å². The van der Waals surface area contributed by atoms with Crippen LogP contribution in [0.15, 0.2) is 29.0 Å². The van der Waals surface area contributed by atoms with Crippen molar-refractivity contribution in [2.24, 2.45) is 0 Å². The normalized spacial score (nSPS) is 10.0. The molecule has 0 saturated carbocycles. The molecule has 0 fully saturated rings. The third-order valence-corrected chi connectivity index (χ3v) is 2.68. The van der Waals surface area contributed by atoms with Crippen LogP contribution < -0.4 is 0 Å². The molecule has 0 aromatic carbocycles. The molecule has 0 unspecified atom stereocenters. The molecule has 0 radical (unpaired) electrons. The molecule has 2 aromatic rings. The highest BCUT2D eigenvalue weighted by Gasteiger charge is 1.99. The maximum atomic E-state index is 4.38. The van der Waals surface area contributed by atoms with E-state index in [1.807, 2.05) is 28.9 Å². The Hall–Kier alpha value is 0.130. The van der Waals surface area contributed by atoms with Crippen LogP contribution in [-0.2, 0) is 5.33 Å². The fourth-order valence-electron chi connectivity index (χ4n) is 1.07. The van der Waals surface area contributed by atoms with Crippen LogP contribution in [0.4, 0.5) is 0 Å². The Morgan fingerprint density at radius 3 is 2.92 bits per heavy atom. The lowest BCUT2D eigenvalue weighted by Crippen LogP contribution is -1.79. The number of rotatable bonds is 1. The van der Waals surface area contributed by atoms with Gasteiger partial charge in [0.2, 0.25) is 0 Å². The predicted octanol–water partition coefficient (Wildman–Crippen LogP) is 3.57. The van der Waals surface area contributed by atoms with Gasteiger partial charge in [-0.15, -0.1) is 17.0 Å². The molecular formula is C8H7Br3N2. The molecule has 5 heteroatoms. The minimum Gasteiger partial charge on any atom is -0.307 e. The molecule has 0 spiro atoms. The zero-order chi connectivity index (χ0) is 8.55. The first kappa shape index (κ1) is 11.2. The molecule has 70 valence electrons. The second-order valence-corrected chi connectivity index (χ2v) is 3.95. The summed E-state index contributed by atoms with van der Waals surface area (Å²) in [5.74, 6) is 0. The van der Waals surface area contributed by atoms with Gasteiger partial charge >= 0.3 is 0 Å². The van der Waals surface area contributed by atoms with Gasteiger partial charge in [-0.2, -0.15) is 0 Å². The second kappa shape index (κ2) is 4.57. The monoisotopic (exact) mass is 368 g/mol. The molecule has 0 amide bonds. The van der Waals surface area contributed by atoms with E-state index in [2.05, 4.69) is 36.8 Å². The van der Waals surface area contributed by atoms with Crippen molar-refractivity contribution in [3.05, 3.63) is 34.7 Å². The average molecular weight is 371 g/mol. The van der Waals surface area contributed by atoms with Crippen molar-refractivity contribution in [1.29, 1.82) is 0 Å². The number of hydrogen-bond donors (Lipinski definition) is 0. The smallest absolute Gasteiger partial charge is 0.138 e. The van der Waals surface area contributed by atoms with Gasteiger partial charge in [0.15, 0.2) is 0 Å². The quantitative estimate of drug-likeness (QED) is 0.701. The summed E-state index contributed by atoms with van der Waals surface area (Å²) in [5, 5.41) is 0.798. The van der Waals surface area contributed by atoms with Crippen LogP contribution in [0.25, 0.3) is 5.65 Å². The fraction of sp³-hybridized carbons (Fsp3) is 0.125. The van der Waals surface area contributed by atoms with Gasteiger partial charge in [-0.25, -0.2) is 4.98 Å². The largest absolute Gasteiger partial charge is 0.307 e. The lowest BCUT2D eigenvalue weighted by Gasteiger charge is -1.91. The molecule has 2 aromatic heterocycles. The predicted molar refractivity (Wildman–Crippen MR) is 65.8 cm³/mol. The van der Waals surface area contributed by atoms with Crippen LogP contribution in [-0.4, -0.2) is 9.38 Å². The van der Waals surface area contributed by atoms with E-state index in [9.17, 15) is 0 Å². The molecule has 13 heavy (non-hydrogen) atoms.